The number of anilines is 1. The second-order valence-electron chi connectivity index (χ2n) is 4.79. The molecule has 1 unspecified atom stereocenters. The number of nitrogens with zero attached hydrogens (tertiary/aromatic N) is 2. The number of thioether (sulfide) groups is 1. The van der Waals surface area contributed by atoms with Crippen molar-refractivity contribution in [3.05, 3.63) is 32.8 Å². The van der Waals surface area contributed by atoms with Gasteiger partial charge in [0.25, 0.3) is 11.6 Å². The zero-order valence-corrected chi connectivity index (χ0v) is 13.3. The molecule has 114 valence electrons. The van der Waals surface area contributed by atoms with Crippen LogP contribution in [0, 0.1) is 10.1 Å². The first-order valence-corrected chi connectivity index (χ1v) is 7.99. The molecule has 1 fully saturated rings. The first-order valence-electron chi connectivity index (χ1n) is 6.46. The Bertz CT molecular complexity index is 576. The van der Waals surface area contributed by atoms with E-state index in [9.17, 15) is 14.9 Å². The van der Waals surface area contributed by atoms with Gasteiger partial charge in [0.15, 0.2) is 0 Å². The van der Waals surface area contributed by atoms with Gasteiger partial charge in [-0.3, -0.25) is 14.9 Å². The highest BCUT2D eigenvalue weighted by Gasteiger charge is 2.27. The fourth-order valence-electron chi connectivity index (χ4n) is 2.30. The summed E-state index contributed by atoms with van der Waals surface area (Å²) in [4.78, 5) is 24.7. The molecule has 0 aromatic heterocycles. The van der Waals surface area contributed by atoms with Gasteiger partial charge in [0.05, 0.1) is 9.95 Å². The predicted molar refractivity (Wildman–Crippen MR) is 85.5 cm³/mol. The number of nitro groups is 1. The molecule has 0 aliphatic carbocycles. The van der Waals surface area contributed by atoms with Crippen LogP contribution >= 0.6 is 23.4 Å². The van der Waals surface area contributed by atoms with Crippen LogP contribution in [0.3, 0.4) is 0 Å². The fraction of sp³-hybridized carbons (Fsp3) is 0.462. The summed E-state index contributed by atoms with van der Waals surface area (Å²) in [6, 6.07) is 2.92. The molecule has 21 heavy (non-hydrogen) atoms. The van der Waals surface area contributed by atoms with Crippen molar-refractivity contribution in [1.29, 1.82) is 0 Å². The summed E-state index contributed by atoms with van der Waals surface area (Å²) in [5.74, 6) is 1.68. The van der Waals surface area contributed by atoms with E-state index in [0.717, 1.165) is 17.9 Å². The van der Waals surface area contributed by atoms with Gasteiger partial charge in [0, 0.05) is 37.5 Å². The van der Waals surface area contributed by atoms with Crippen molar-refractivity contribution < 1.29 is 9.72 Å². The molecule has 1 aromatic carbocycles. The van der Waals surface area contributed by atoms with Gasteiger partial charge in [-0.2, -0.15) is 11.8 Å². The molecule has 8 heteroatoms. The third-order valence-corrected chi connectivity index (χ3v) is 4.98. The SMILES string of the molecule is CNc1c(Cl)cc(C(=O)N(C)C2CCSC2)cc1[N+](=O)[O-]. The van der Waals surface area contributed by atoms with Crippen molar-refractivity contribution >= 4 is 40.6 Å². The summed E-state index contributed by atoms with van der Waals surface area (Å²) >= 11 is 7.85. The standard InChI is InChI=1S/C13H16ClN3O3S/c1-15-12-10(14)5-8(6-11(12)17(19)20)13(18)16(2)9-3-4-21-7-9/h5-6,9,15H,3-4,7H2,1-2H3. The Morgan fingerprint density at radius 2 is 2.29 bits per heavy atom. The molecule has 1 saturated heterocycles. The highest BCUT2D eigenvalue weighted by Crippen LogP contribution is 2.34. The maximum absolute atomic E-state index is 12.5. The van der Waals surface area contributed by atoms with E-state index in [-0.39, 0.29) is 33.9 Å². The predicted octanol–water partition coefficient (Wildman–Crippen LogP) is 2.87. The molecule has 1 amide bonds. The Balaban J connectivity index is 2.35. The topological polar surface area (TPSA) is 75.5 Å². The molecule has 0 spiro atoms. The maximum Gasteiger partial charge on any atom is 0.294 e. The van der Waals surface area contributed by atoms with Crippen molar-refractivity contribution in [2.45, 2.75) is 12.5 Å². The van der Waals surface area contributed by atoms with Gasteiger partial charge in [-0.05, 0) is 18.2 Å². The van der Waals surface area contributed by atoms with Gasteiger partial charge in [0.2, 0.25) is 0 Å². The first kappa shape index (κ1) is 15.9. The Labute approximate surface area is 132 Å². The zero-order valence-electron chi connectivity index (χ0n) is 11.8. The van der Waals surface area contributed by atoms with E-state index in [1.165, 1.54) is 12.1 Å². The van der Waals surface area contributed by atoms with Crippen LogP contribution in [0.2, 0.25) is 5.02 Å². The first-order chi connectivity index (χ1) is 9.95. The Kier molecular flexibility index (Phi) is 4.95. The molecule has 1 aromatic rings. The summed E-state index contributed by atoms with van der Waals surface area (Å²) in [5, 5.41) is 14.0. The van der Waals surface area contributed by atoms with Gasteiger partial charge in [0.1, 0.15) is 5.69 Å². The van der Waals surface area contributed by atoms with Gasteiger partial charge >= 0.3 is 0 Å². The molecular formula is C13H16ClN3O3S. The molecule has 0 radical (unpaired) electrons. The van der Waals surface area contributed by atoms with Crippen LogP contribution in [-0.4, -0.2) is 47.4 Å². The number of nitrogens with one attached hydrogen (secondary N) is 1. The molecular weight excluding hydrogens is 314 g/mol. The molecule has 2 rings (SSSR count). The van der Waals surface area contributed by atoms with Crippen LogP contribution in [0.15, 0.2) is 12.1 Å². The van der Waals surface area contributed by atoms with Crippen molar-refractivity contribution in [2.75, 3.05) is 30.9 Å². The molecule has 6 nitrogen and oxygen atoms in total. The number of amides is 1. The average molecular weight is 330 g/mol. The van der Waals surface area contributed by atoms with Gasteiger partial charge in [-0.25, -0.2) is 0 Å². The summed E-state index contributed by atoms with van der Waals surface area (Å²) < 4.78 is 0. The maximum atomic E-state index is 12.5. The van der Waals surface area contributed by atoms with E-state index < -0.39 is 4.92 Å². The fourth-order valence-corrected chi connectivity index (χ4v) is 3.88. The van der Waals surface area contributed by atoms with E-state index >= 15 is 0 Å². The van der Waals surface area contributed by atoms with E-state index in [2.05, 4.69) is 5.32 Å². The van der Waals surface area contributed by atoms with E-state index in [0.29, 0.717) is 0 Å². The number of benzene rings is 1. The largest absolute Gasteiger partial charge is 0.381 e. The number of carbonyl (C=O) groups is 1. The third kappa shape index (κ3) is 3.24. The minimum Gasteiger partial charge on any atom is -0.381 e. The molecule has 0 saturated carbocycles. The molecule has 1 atom stereocenters. The average Bonchev–Trinajstić information content (AvgIpc) is 2.98. The molecule has 1 aliphatic heterocycles. The van der Waals surface area contributed by atoms with Crippen molar-refractivity contribution in [1.82, 2.24) is 4.90 Å². The molecule has 1 N–H and O–H groups in total. The Morgan fingerprint density at radius 1 is 1.57 bits per heavy atom. The van der Waals surface area contributed by atoms with Gasteiger partial charge in [-0.1, -0.05) is 11.6 Å². The molecule has 0 bridgehead atoms. The van der Waals surface area contributed by atoms with Gasteiger partial charge < -0.3 is 10.2 Å². The van der Waals surface area contributed by atoms with E-state index in [4.69, 9.17) is 11.6 Å². The quantitative estimate of drug-likeness (QED) is 0.679. The third-order valence-electron chi connectivity index (χ3n) is 3.54. The highest BCUT2D eigenvalue weighted by molar-refractivity contribution is 7.99. The summed E-state index contributed by atoms with van der Waals surface area (Å²) in [7, 11) is 3.28. The van der Waals surface area contributed by atoms with E-state index in [1.54, 1.807) is 30.8 Å². The number of hydrogen-bond acceptors (Lipinski definition) is 5. The monoisotopic (exact) mass is 329 g/mol. The Hall–Kier alpha value is -1.47. The summed E-state index contributed by atoms with van der Waals surface area (Å²) in [6.07, 6.45) is 0.942. The second kappa shape index (κ2) is 6.53. The number of rotatable bonds is 4. The Morgan fingerprint density at radius 3 is 2.81 bits per heavy atom. The highest BCUT2D eigenvalue weighted by atomic mass is 35.5. The number of halogens is 1. The summed E-state index contributed by atoms with van der Waals surface area (Å²) in [5.41, 5.74) is 0.268. The summed E-state index contributed by atoms with van der Waals surface area (Å²) in [6.45, 7) is 0. The lowest BCUT2D eigenvalue weighted by molar-refractivity contribution is -0.384. The lowest BCUT2D eigenvalue weighted by Gasteiger charge is -2.24. The number of nitro benzene ring substituents is 1. The lowest BCUT2D eigenvalue weighted by atomic mass is 10.1. The van der Waals surface area contributed by atoms with Crippen LogP contribution in [0.1, 0.15) is 16.8 Å². The number of hydrogen-bond donors (Lipinski definition) is 1. The van der Waals surface area contributed by atoms with Crippen LogP contribution in [0.5, 0.6) is 0 Å². The minimum atomic E-state index is -0.542. The van der Waals surface area contributed by atoms with Crippen molar-refractivity contribution in [3.8, 4) is 0 Å². The molecule has 1 heterocycles. The van der Waals surface area contributed by atoms with Gasteiger partial charge in [-0.15, -0.1) is 0 Å². The smallest absolute Gasteiger partial charge is 0.294 e. The van der Waals surface area contributed by atoms with Crippen LogP contribution < -0.4 is 5.32 Å². The van der Waals surface area contributed by atoms with E-state index in [1.807, 2.05) is 0 Å². The minimum absolute atomic E-state index is 0.171. The van der Waals surface area contributed by atoms with Crippen LogP contribution in [0.25, 0.3) is 0 Å². The van der Waals surface area contributed by atoms with Crippen LogP contribution in [0.4, 0.5) is 11.4 Å². The lowest BCUT2D eigenvalue weighted by Crippen LogP contribution is -2.37. The van der Waals surface area contributed by atoms with Crippen LogP contribution in [-0.2, 0) is 0 Å². The zero-order chi connectivity index (χ0) is 15.6. The normalized spacial score (nSPS) is 17.6. The molecule has 1 aliphatic rings. The number of carbonyl (C=O) groups excluding carboxylic acids is 1. The van der Waals surface area contributed by atoms with Crippen molar-refractivity contribution in [3.63, 3.8) is 0 Å². The van der Waals surface area contributed by atoms with Crippen molar-refractivity contribution in [2.24, 2.45) is 0 Å². The second-order valence-corrected chi connectivity index (χ2v) is 6.35.